The van der Waals surface area contributed by atoms with Crippen molar-refractivity contribution in [3.05, 3.63) is 75.8 Å². The number of allylic oxidation sites excluding steroid dienone is 2. The molecule has 142 valence electrons. The van der Waals surface area contributed by atoms with Crippen molar-refractivity contribution >= 4 is 23.6 Å². The monoisotopic (exact) mass is 386 g/mol. The number of methoxy groups -OCH3 is 1. The molecule has 27 heavy (non-hydrogen) atoms. The van der Waals surface area contributed by atoms with Gasteiger partial charge in [0.05, 0.1) is 7.11 Å². The second-order valence-electron chi connectivity index (χ2n) is 6.24. The zero-order chi connectivity index (χ0) is 19.8. The Kier molecular flexibility index (Phi) is 7.50. The molecule has 0 radical (unpaired) electrons. The van der Waals surface area contributed by atoms with Crippen LogP contribution in [0.2, 0.25) is 5.02 Å². The average molecular weight is 387 g/mol. The van der Waals surface area contributed by atoms with Crippen molar-refractivity contribution in [1.82, 2.24) is 0 Å². The Labute approximate surface area is 164 Å². The van der Waals surface area contributed by atoms with Crippen LogP contribution in [0.15, 0.2) is 54.1 Å². The Morgan fingerprint density at radius 2 is 1.85 bits per heavy atom. The lowest BCUT2D eigenvalue weighted by atomic mass is 10.0. The van der Waals surface area contributed by atoms with E-state index < -0.39 is 5.97 Å². The maximum absolute atomic E-state index is 10.9. The van der Waals surface area contributed by atoms with Crippen LogP contribution in [-0.4, -0.2) is 18.2 Å². The molecule has 0 amide bonds. The summed E-state index contributed by atoms with van der Waals surface area (Å²) in [7, 11) is 1.61. The number of halogens is 1. The molecule has 0 fully saturated rings. The first-order valence-electron chi connectivity index (χ1n) is 8.52. The summed E-state index contributed by atoms with van der Waals surface area (Å²) in [5.41, 5.74) is 3.69. The third-order valence-electron chi connectivity index (χ3n) is 3.88. The summed E-state index contributed by atoms with van der Waals surface area (Å²) >= 11 is 5.93. The van der Waals surface area contributed by atoms with E-state index in [4.69, 9.17) is 26.2 Å². The maximum atomic E-state index is 10.9. The minimum atomic E-state index is -1.01. The molecule has 0 aliphatic rings. The Balaban J connectivity index is 2.44. The molecule has 0 bridgehead atoms. The minimum Gasteiger partial charge on any atom is -0.496 e. The fourth-order valence-corrected chi connectivity index (χ4v) is 2.64. The summed E-state index contributed by atoms with van der Waals surface area (Å²) in [6.07, 6.45) is 5.33. The van der Waals surface area contributed by atoms with E-state index in [9.17, 15) is 4.79 Å². The maximum Gasteiger partial charge on any atom is 0.328 e. The number of carboxylic acid groups (broad SMARTS) is 1. The Morgan fingerprint density at radius 1 is 1.15 bits per heavy atom. The predicted octanol–water partition coefficient (Wildman–Crippen LogP) is 5.53. The normalized spacial score (nSPS) is 10.7. The molecule has 5 heteroatoms. The fraction of sp³-hybridized carbons (Fsp3) is 0.227. The van der Waals surface area contributed by atoms with Gasteiger partial charge in [-0.25, -0.2) is 4.79 Å². The van der Waals surface area contributed by atoms with Gasteiger partial charge in [0.25, 0.3) is 0 Å². The van der Waals surface area contributed by atoms with Gasteiger partial charge in [-0.15, -0.1) is 0 Å². The molecule has 0 aliphatic heterocycles. The number of rotatable bonds is 8. The molecule has 0 saturated heterocycles. The molecule has 0 atom stereocenters. The highest BCUT2D eigenvalue weighted by Crippen LogP contribution is 2.35. The van der Waals surface area contributed by atoms with Crippen LogP contribution in [0.25, 0.3) is 6.08 Å². The van der Waals surface area contributed by atoms with Crippen LogP contribution in [0.3, 0.4) is 0 Å². The number of ether oxygens (including phenoxy) is 2. The van der Waals surface area contributed by atoms with Gasteiger partial charge in [-0.1, -0.05) is 35.4 Å². The van der Waals surface area contributed by atoms with E-state index in [-0.39, 0.29) is 0 Å². The second-order valence-corrected chi connectivity index (χ2v) is 6.67. The van der Waals surface area contributed by atoms with Gasteiger partial charge in [-0.2, -0.15) is 0 Å². The van der Waals surface area contributed by atoms with Gasteiger partial charge in [0.2, 0.25) is 0 Å². The average Bonchev–Trinajstić information content (AvgIpc) is 2.64. The van der Waals surface area contributed by atoms with Crippen molar-refractivity contribution in [1.29, 1.82) is 0 Å². The van der Waals surface area contributed by atoms with Gasteiger partial charge < -0.3 is 14.6 Å². The molecule has 2 rings (SSSR count). The molecule has 2 aromatic rings. The molecule has 4 nitrogen and oxygen atoms in total. The fourth-order valence-electron chi connectivity index (χ4n) is 2.52. The highest BCUT2D eigenvalue weighted by molar-refractivity contribution is 6.30. The minimum absolute atomic E-state index is 0.333. The molecule has 0 saturated carbocycles. The predicted molar refractivity (Wildman–Crippen MR) is 109 cm³/mol. The van der Waals surface area contributed by atoms with Crippen molar-refractivity contribution in [2.45, 2.75) is 26.9 Å². The zero-order valence-electron chi connectivity index (χ0n) is 15.7. The number of carboxylic acids is 1. The third-order valence-corrected chi connectivity index (χ3v) is 4.14. The van der Waals surface area contributed by atoms with E-state index >= 15 is 0 Å². The van der Waals surface area contributed by atoms with Crippen LogP contribution in [-0.2, 0) is 17.8 Å². The lowest BCUT2D eigenvalue weighted by molar-refractivity contribution is -0.131. The van der Waals surface area contributed by atoms with Crippen LogP contribution in [0.5, 0.6) is 11.5 Å². The molecule has 1 N–H and O–H groups in total. The summed E-state index contributed by atoms with van der Waals surface area (Å²) in [5.74, 6) is 0.297. The van der Waals surface area contributed by atoms with Crippen molar-refractivity contribution in [3.63, 3.8) is 0 Å². The molecule has 0 heterocycles. The Bertz CT molecular complexity index is 847. The molecule has 0 aliphatic carbocycles. The Hall–Kier alpha value is -2.72. The van der Waals surface area contributed by atoms with Crippen molar-refractivity contribution in [2.75, 3.05) is 7.11 Å². The molecule has 2 aromatic carbocycles. The van der Waals surface area contributed by atoms with E-state index in [1.54, 1.807) is 25.3 Å². The molecule has 0 spiro atoms. The van der Waals surface area contributed by atoms with Crippen molar-refractivity contribution in [2.24, 2.45) is 0 Å². The molecule has 0 aromatic heterocycles. The van der Waals surface area contributed by atoms with E-state index in [0.29, 0.717) is 35.1 Å². The standard InChI is InChI=1S/C22H23ClO4/c1-15(2)4-11-19-20(26-3)12-7-17(8-13-21(24)25)22(19)27-14-16-5-9-18(23)10-6-16/h4-10,12-13H,11,14H2,1-3H3,(H,24,25). The van der Waals surface area contributed by atoms with Crippen LogP contribution >= 0.6 is 11.6 Å². The quantitative estimate of drug-likeness (QED) is 0.478. The van der Waals surface area contributed by atoms with Gasteiger partial charge in [0, 0.05) is 22.2 Å². The second kappa shape index (κ2) is 9.83. The summed E-state index contributed by atoms with van der Waals surface area (Å²) < 4.78 is 11.6. The smallest absolute Gasteiger partial charge is 0.328 e. The first-order valence-corrected chi connectivity index (χ1v) is 8.90. The first-order chi connectivity index (χ1) is 12.9. The summed E-state index contributed by atoms with van der Waals surface area (Å²) in [5, 5.41) is 9.63. The van der Waals surface area contributed by atoms with Crippen LogP contribution in [0, 0.1) is 0 Å². The number of aliphatic carboxylic acids is 1. The van der Waals surface area contributed by atoms with Crippen molar-refractivity contribution in [3.8, 4) is 11.5 Å². The molecular formula is C22H23ClO4. The molecular weight excluding hydrogens is 364 g/mol. The van der Waals surface area contributed by atoms with Gasteiger partial charge in [0.15, 0.2) is 0 Å². The lowest BCUT2D eigenvalue weighted by Crippen LogP contribution is -2.03. The van der Waals surface area contributed by atoms with E-state index in [0.717, 1.165) is 17.2 Å². The van der Waals surface area contributed by atoms with Crippen molar-refractivity contribution < 1.29 is 19.4 Å². The van der Waals surface area contributed by atoms with E-state index in [1.165, 1.54) is 11.6 Å². The largest absolute Gasteiger partial charge is 0.496 e. The zero-order valence-corrected chi connectivity index (χ0v) is 16.4. The number of carbonyl (C=O) groups is 1. The summed E-state index contributed by atoms with van der Waals surface area (Å²) in [4.78, 5) is 10.9. The summed E-state index contributed by atoms with van der Waals surface area (Å²) in [6, 6.07) is 11.0. The lowest BCUT2D eigenvalue weighted by Gasteiger charge is -2.17. The molecule has 0 unspecified atom stereocenters. The topological polar surface area (TPSA) is 55.8 Å². The van der Waals surface area contributed by atoms with Crippen LogP contribution in [0.1, 0.15) is 30.5 Å². The third kappa shape index (κ3) is 6.19. The highest BCUT2D eigenvalue weighted by atomic mass is 35.5. The number of benzene rings is 2. The SMILES string of the molecule is COc1ccc(C=CC(=O)O)c(OCc2ccc(Cl)cc2)c1CC=C(C)C. The Morgan fingerprint density at radius 3 is 2.44 bits per heavy atom. The van der Waals surface area contributed by atoms with Gasteiger partial charge in [-0.3, -0.25) is 0 Å². The number of hydrogen-bond donors (Lipinski definition) is 1. The van der Waals surface area contributed by atoms with Gasteiger partial charge in [-0.05, 0) is 56.2 Å². The van der Waals surface area contributed by atoms with Gasteiger partial charge in [0.1, 0.15) is 18.1 Å². The van der Waals surface area contributed by atoms with E-state index in [1.807, 2.05) is 32.0 Å². The van der Waals surface area contributed by atoms with Gasteiger partial charge >= 0.3 is 5.97 Å². The van der Waals surface area contributed by atoms with Crippen LogP contribution in [0.4, 0.5) is 0 Å². The first kappa shape index (κ1) is 20.6. The highest BCUT2D eigenvalue weighted by Gasteiger charge is 2.14. The number of hydrogen-bond acceptors (Lipinski definition) is 3. The van der Waals surface area contributed by atoms with Crippen LogP contribution < -0.4 is 9.47 Å². The summed E-state index contributed by atoms with van der Waals surface area (Å²) in [6.45, 7) is 4.38. The van der Waals surface area contributed by atoms with E-state index in [2.05, 4.69) is 6.08 Å².